The van der Waals surface area contributed by atoms with Gasteiger partial charge in [-0.25, -0.2) is 9.63 Å². The van der Waals surface area contributed by atoms with Crippen molar-refractivity contribution in [3.05, 3.63) is 107 Å². The summed E-state index contributed by atoms with van der Waals surface area (Å²) in [6.45, 7) is 12.7. The van der Waals surface area contributed by atoms with Crippen molar-refractivity contribution in [3.63, 3.8) is 0 Å². The molecular formula is C29H33NO4. The Kier molecular flexibility index (Phi) is 7.57. The first-order valence-electron chi connectivity index (χ1n) is 11.4. The first kappa shape index (κ1) is 25.2. The van der Waals surface area contributed by atoms with Crippen molar-refractivity contribution in [1.82, 2.24) is 5.23 Å². The maximum absolute atomic E-state index is 13.2. The van der Waals surface area contributed by atoms with Crippen molar-refractivity contribution in [3.8, 4) is 0 Å². The molecule has 0 aliphatic rings. The molecule has 3 aromatic rings. The van der Waals surface area contributed by atoms with E-state index in [1.807, 2.05) is 54.6 Å². The Bertz CT molecular complexity index is 1110. The lowest BCUT2D eigenvalue weighted by molar-refractivity contribution is -0.300. The number of hydrogen-bond donors (Lipinski definition) is 0. The summed E-state index contributed by atoms with van der Waals surface area (Å²) in [7, 11) is 0. The minimum absolute atomic E-state index is 0.0392. The second-order valence-corrected chi connectivity index (χ2v) is 10.4. The molecule has 1 amide bonds. The zero-order valence-corrected chi connectivity index (χ0v) is 20.8. The normalized spacial score (nSPS) is 11.7. The quantitative estimate of drug-likeness (QED) is 0.402. The summed E-state index contributed by atoms with van der Waals surface area (Å²) in [5, 5.41) is 0.680. The Morgan fingerprint density at radius 2 is 1.15 bits per heavy atom. The number of carbonyl (C=O) groups excluding carboxylic acids is 2. The van der Waals surface area contributed by atoms with Gasteiger partial charge >= 0.3 is 11.9 Å². The van der Waals surface area contributed by atoms with Crippen molar-refractivity contribution in [2.24, 2.45) is 0 Å². The van der Waals surface area contributed by atoms with Crippen LogP contribution in [0, 0.1) is 0 Å². The van der Waals surface area contributed by atoms with E-state index < -0.39 is 11.9 Å². The summed E-state index contributed by atoms with van der Waals surface area (Å²) in [5.74, 6) is -1.23. The van der Waals surface area contributed by atoms with E-state index in [0.29, 0.717) is 16.4 Å². The third kappa shape index (κ3) is 6.55. The zero-order chi connectivity index (χ0) is 24.9. The van der Waals surface area contributed by atoms with E-state index in [1.54, 1.807) is 24.3 Å². The number of hydrogen-bond acceptors (Lipinski definition) is 4. The second kappa shape index (κ2) is 10.2. The van der Waals surface area contributed by atoms with Gasteiger partial charge in [-0.15, -0.1) is 0 Å². The number of nitrogens with zero attached hydrogens (tertiary/aromatic N) is 1. The first-order chi connectivity index (χ1) is 15.9. The standard InChI is InChI=1S/C29H33NO4/c1-28(2,3)24-16-12-22(13-17-24)26(31)30(33-20-21-10-8-7-9-11-21)34-27(32)23-14-18-25(19-15-23)29(4,5)6/h7-19H,20H2,1-6H3. The maximum Gasteiger partial charge on any atom is 0.366 e. The monoisotopic (exact) mass is 459 g/mol. The number of benzene rings is 3. The molecule has 0 bridgehead atoms. The highest BCUT2D eigenvalue weighted by molar-refractivity contribution is 5.95. The van der Waals surface area contributed by atoms with Crippen LogP contribution >= 0.6 is 0 Å². The van der Waals surface area contributed by atoms with Gasteiger partial charge in [0.1, 0.15) is 6.61 Å². The van der Waals surface area contributed by atoms with Gasteiger partial charge in [0.15, 0.2) is 0 Å². The fraction of sp³-hybridized carbons (Fsp3) is 0.310. The third-order valence-electron chi connectivity index (χ3n) is 5.51. The summed E-state index contributed by atoms with van der Waals surface area (Å²) in [5.41, 5.74) is 3.63. The molecular weight excluding hydrogens is 426 g/mol. The largest absolute Gasteiger partial charge is 0.366 e. The van der Waals surface area contributed by atoms with Gasteiger partial charge in [-0.3, -0.25) is 4.79 Å². The van der Waals surface area contributed by atoms with Gasteiger partial charge in [0.05, 0.1) is 5.56 Å². The molecule has 0 saturated heterocycles. The Hall–Kier alpha value is -3.44. The second-order valence-electron chi connectivity index (χ2n) is 10.4. The molecule has 5 nitrogen and oxygen atoms in total. The van der Waals surface area contributed by atoms with Crippen LogP contribution in [-0.4, -0.2) is 17.1 Å². The highest BCUT2D eigenvalue weighted by atomic mass is 17.0. The lowest BCUT2D eigenvalue weighted by atomic mass is 9.87. The van der Waals surface area contributed by atoms with Crippen LogP contribution in [0.25, 0.3) is 0 Å². The molecule has 0 unspecified atom stereocenters. The highest BCUT2D eigenvalue weighted by Gasteiger charge is 2.24. The fourth-order valence-electron chi connectivity index (χ4n) is 3.29. The Labute approximate surface area is 202 Å². The molecule has 3 aromatic carbocycles. The number of hydroxylamine groups is 2. The van der Waals surface area contributed by atoms with Crippen LogP contribution in [0.5, 0.6) is 0 Å². The summed E-state index contributed by atoms with van der Waals surface area (Å²) >= 11 is 0. The van der Waals surface area contributed by atoms with Crippen LogP contribution < -0.4 is 0 Å². The molecule has 0 saturated carbocycles. The van der Waals surface area contributed by atoms with E-state index in [2.05, 4.69) is 41.5 Å². The average molecular weight is 460 g/mol. The summed E-state index contributed by atoms with van der Waals surface area (Å²) in [4.78, 5) is 37.1. The molecule has 0 aromatic heterocycles. The van der Waals surface area contributed by atoms with Crippen molar-refractivity contribution in [1.29, 1.82) is 0 Å². The van der Waals surface area contributed by atoms with Crippen molar-refractivity contribution < 1.29 is 19.3 Å². The smallest absolute Gasteiger partial charge is 0.306 e. The van der Waals surface area contributed by atoms with Crippen LogP contribution in [0.4, 0.5) is 0 Å². The molecule has 0 aliphatic heterocycles. The Morgan fingerprint density at radius 1 is 0.676 bits per heavy atom. The molecule has 0 spiro atoms. The topological polar surface area (TPSA) is 55.8 Å². The van der Waals surface area contributed by atoms with Gasteiger partial charge in [-0.05, 0) is 57.0 Å². The van der Waals surface area contributed by atoms with Crippen molar-refractivity contribution in [2.45, 2.75) is 59.0 Å². The Balaban J connectivity index is 1.81. The summed E-state index contributed by atoms with van der Waals surface area (Å²) in [6, 6.07) is 23.8. The molecule has 0 aliphatic carbocycles. The molecule has 3 rings (SSSR count). The number of rotatable bonds is 5. The van der Waals surface area contributed by atoms with Gasteiger partial charge < -0.3 is 4.84 Å². The van der Waals surface area contributed by atoms with E-state index in [9.17, 15) is 9.59 Å². The third-order valence-corrected chi connectivity index (χ3v) is 5.51. The van der Waals surface area contributed by atoms with Crippen LogP contribution in [-0.2, 0) is 27.1 Å². The molecule has 0 atom stereocenters. The predicted octanol–water partition coefficient (Wildman–Crippen LogP) is 6.63. The van der Waals surface area contributed by atoms with Gasteiger partial charge in [-0.2, -0.15) is 0 Å². The van der Waals surface area contributed by atoms with Gasteiger partial charge in [-0.1, -0.05) is 96.1 Å². The van der Waals surface area contributed by atoms with Gasteiger partial charge in [0.2, 0.25) is 0 Å². The summed E-state index contributed by atoms with van der Waals surface area (Å²) < 4.78 is 0. The number of carbonyl (C=O) groups is 2. The van der Waals surface area contributed by atoms with Crippen LogP contribution in [0.15, 0.2) is 78.9 Å². The van der Waals surface area contributed by atoms with Crippen molar-refractivity contribution in [2.75, 3.05) is 0 Å². The lowest BCUT2D eigenvalue weighted by Gasteiger charge is -2.22. The maximum atomic E-state index is 13.2. The molecule has 5 heteroatoms. The van der Waals surface area contributed by atoms with E-state index in [0.717, 1.165) is 16.7 Å². The van der Waals surface area contributed by atoms with E-state index >= 15 is 0 Å². The fourth-order valence-corrected chi connectivity index (χ4v) is 3.29. The molecule has 0 heterocycles. The van der Waals surface area contributed by atoms with Crippen LogP contribution in [0.1, 0.15) is 78.9 Å². The minimum Gasteiger partial charge on any atom is -0.306 e. The van der Waals surface area contributed by atoms with Crippen molar-refractivity contribution >= 4 is 11.9 Å². The summed E-state index contributed by atoms with van der Waals surface area (Å²) in [6.07, 6.45) is 0. The van der Waals surface area contributed by atoms with Crippen LogP contribution in [0.3, 0.4) is 0 Å². The van der Waals surface area contributed by atoms with Gasteiger partial charge in [0.25, 0.3) is 0 Å². The van der Waals surface area contributed by atoms with E-state index in [1.165, 1.54) is 0 Å². The Morgan fingerprint density at radius 3 is 1.62 bits per heavy atom. The van der Waals surface area contributed by atoms with E-state index in [4.69, 9.17) is 9.68 Å². The molecule has 0 N–H and O–H groups in total. The minimum atomic E-state index is -0.673. The van der Waals surface area contributed by atoms with Crippen LogP contribution in [0.2, 0.25) is 0 Å². The first-order valence-corrected chi connectivity index (χ1v) is 11.4. The van der Waals surface area contributed by atoms with E-state index in [-0.39, 0.29) is 17.4 Å². The zero-order valence-electron chi connectivity index (χ0n) is 20.8. The lowest BCUT2D eigenvalue weighted by Crippen LogP contribution is -2.34. The SMILES string of the molecule is CC(C)(C)c1ccc(C(=O)ON(OCc2ccccc2)C(=O)c2ccc(C(C)(C)C)cc2)cc1. The molecule has 0 radical (unpaired) electrons. The molecule has 34 heavy (non-hydrogen) atoms. The van der Waals surface area contributed by atoms with Gasteiger partial charge in [0, 0.05) is 5.56 Å². The molecule has 0 fully saturated rings. The highest BCUT2D eigenvalue weighted by Crippen LogP contribution is 2.24. The number of amides is 1. The average Bonchev–Trinajstić information content (AvgIpc) is 2.81. The molecule has 178 valence electrons. The predicted molar refractivity (Wildman–Crippen MR) is 133 cm³/mol.